The van der Waals surface area contributed by atoms with E-state index >= 15 is 0 Å². The SMILES string of the molecule is CNCc1ccc2c(c1)N(C(=O)CO)C(=O)CS2. The van der Waals surface area contributed by atoms with Crippen LogP contribution in [0.1, 0.15) is 5.56 Å². The number of imide groups is 1. The Morgan fingerprint density at radius 3 is 3.00 bits per heavy atom. The van der Waals surface area contributed by atoms with Crippen LogP contribution in [0.4, 0.5) is 5.69 Å². The van der Waals surface area contributed by atoms with Gasteiger partial charge in [-0.25, -0.2) is 4.90 Å². The number of aliphatic hydroxyl groups is 1. The lowest BCUT2D eigenvalue weighted by atomic mass is 10.1. The molecule has 0 radical (unpaired) electrons. The zero-order valence-corrected chi connectivity index (χ0v) is 10.8. The molecule has 5 nitrogen and oxygen atoms in total. The smallest absolute Gasteiger partial charge is 0.259 e. The van der Waals surface area contributed by atoms with Crippen molar-refractivity contribution >= 4 is 29.3 Å². The normalized spacial score (nSPS) is 14.6. The number of carbonyl (C=O) groups is 2. The molecule has 18 heavy (non-hydrogen) atoms. The average Bonchev–Trinajstić information content (AvgIpc) is 2.38. The van der Waals surface area contributed by atoms with Crippen molar-refractivity contribution in [1.82, 2.24) is 5.32 Å². The van der Waals surface area contributed by atoms with Crippen molar-refractivity contribution in [1.29, 1.82) is 0 Å². The Bertz CT molecular complexity index is 490. The van der Waals surface area contributed by atoms with Gasteiger partial charge in [0.2, 0.25) is 5.91 Å². The number of rotatable bonds is 3. The molecule has 1 aliphatic heterocycles. The van der Waals surface area contributed by atoms with E-state index in [2.05, 4.69) is 5.32 Å². The molecule has 2 rings (SSSR count). The summed E-state index contributed by atoms with van der Waals surface area (Å²) in [4.78, 5) is 25.4. The van der Waals surface area contributed by atoms with E-state index in [-0.39, 0.29) is 11.7 Å². The predicted molar refractivity (Wildman–Crippen MR) is 69.5 cm³/mol. The average molecular weight is 266 g/mol. The van der Waals surface area contributed by atoms with Gasteiger partial charge in [0, 0.05) is 11.4 Å². The second-order valence-corrected chi connectivity index (χ2v) is 4.92. The fourth-order valence-corrected chi connectivity index (χ4v) is 2.73. The molecule has 6 heteroatoms. The standard InChI is InChI=1S/C12H14N2O3S/c1-13-5-8-2-3-10-9(4-8)14(11(16)6-15)12(17)7-18-10/h2-4,13,15H,5-7H2,1H3. The van der Waals surface area contributed by atoms with Crippen LogP contribution in [0.2, 0.25) is 0 Å². The lowest BCUT2D eigenvalue weighted by molar-refractivity contribution is -0.127. The molecule has 0 aliphatic carbocycles. The summed E-state index contributed by atoms with van der Waals surface area (Å²) in [5.74, 6) is -0.638. The van der Waals surface area contributed by atoms with E-state index in [9.17, 15) is 9.59 Å². The highest BCUT2D eigenvalue weighted by Crippen LogP contribution is 2.36. The third-order valence-electron chi connectivity index (χ3n) is 2.63. The molecule has 0 atom stereocenters. The Labute approximate surface area is 109 Å². The van der Waals surface area contributed by atoms with E-state index in [0.717, 1.165) is 15.4 Å². The Balaban J connectivity index is 2.43. The van der Waals surface area contributed by atoms with E-state index in [1.807, 2.05) is 25.2 Å². The van der Waals surface area contributed by atoms with Crippen LogP contribution in [0.15, 0.2) is 23.1 Å². The fraction of sp³-hybridized carbons (Fsp3) is 0.333. The molecule has 0 fully saturated rings. The number of amides is 2. The Morgan fingerprint density at radius 1 is 1.56 bits per heavy atom. The van der Waals surface area contributed by atoms with Gasteiger partial charge in [0.25, 0.3) is 5.91 Å². The maximum atomic E-state index is 11.8. The summed E-state index contributed by atoms with van der Waals surface area (Å²) in [5.41, 5.74) is 1.56. The minimum absolute atomic E-state index is 0.226. The molecule has 2 N–H and O–H groups in total. The van der Waals surface area contributed by atoms with Gasteiger partial charge in [-0.05, 0) is 24.7 Å². The highest BCUT2D eigenvalue weighted by Gasteiger charge is 2.29. The van der Waals surface area contributed by atoms with Crippen molar-refractivity contribution < 1.29 is 14.7 Å². The number of benzene rings is 1. The van der Waals surface area contributed by atoms with E-state index < -0.39 is 12.5 Å². The molecule has 0 bridgehead atoms. The van der Waals surface area contributed by atoms with E-state index in [4.69, 9.17) is 5.11 Å². The lowest BCUT2D eigenvalue weighted by Gasteiger charge is -2.27. The summed E-state index contributed by atoms with van der Waals surface area (Å²) >= 11 is 1.41. The number of thioether (sulfide) groups is 1. The summed E-state index contributed by atoms with van der Waals surface area (Å²) in [7, 11) is 1.83. The van der Waals surface area contributed by atoms with Crippen LogP contribution in [0, 0.1) is 0 Å². The Hall–Kier alpha value is -1.37. The van der Waals surface area contributed by atoms with Gasteiger partial charge in [-0.1, -0.05) is 6.07 Å². The molecular formula is C12H14N2O3S. The monoisotopic (exact) mass is 266 g/mol. The first-order chi connectivity index (χ1) is 8.67. The van der Waals surface area contributed by atoms with E-state index in [1.165, 1.54) is 11.8 Å². The van der Waals surface area contributed by atoms with Crippen LogP contribution in [0.3, 0.4) is 0 Å². The zero-order chi connectivity index (χ0) is 13.1. The zero-order valence-electron chi connectivity index (χ0n) is 9.97. The molecular weight excluding hydrogens is 252 g/mol. The molecule has 2 amide bonds. The molecule has 1 aliphatic rings. The summed E-state index contributed by atoms with van der Waals surface area (Å²) in [6.07, 6.45) is 0. The van der Waals surface area contributed by atoms with Gasteiger partial charge in [-0.3, -0.25) is 9.59 Å². The van der Waals surface area contributed by atoms with Crippen molar-refractivity contribution in [2.24, 2.45) is 0 Å². The minimum Gasteiger partial charge on any atom is -0.387 e. The van der Waals surface area contributed by atoms with Gasteiger partial charge in [-0.15, -0.1) is 11.8 Å². The van der Waals surface area contributed by atoms with Crippen molar-refractivity contribution in [3.8, 4) is 0 Å². The summed E-state index contributed by atoms with van der Waals surface area (Å²) in [5, 5.41) is 12.0. The number of fused-ring (bicyclic) bond motifs is 1. The summed E-state index contributed by atoms with van der Waals surface area (Å²) in [6.45, 7) is -0.000601. The van der Waals surface area contributed by atoms with Crippen molar-refractivity contribution in [2.75, 3.05) is 24.3 Å². The maximum absolute atomic E-state index is 11.8. The molecule has 0 spiro atoms. The largest absolute Gasteiger partial charge is 0.387 e. The predicted octanol–water partition coefficient (Wildman–Crippen LogP) is 0.364. The van der Waals surface area contributed by atoms with Gasteiger partial charge in [0.15, 0.2) is 0 Å². The van der Waals surface area contributed by atoms with Gasteiger partial charge < -0.3 is 10.4 Å². The van der Waals surface area contributed by atoms with Crippen LogP contribution in [0.25, 0.3) is 0 Å². The quantitative estimate of drug-likeness (QED) is 0.827. The Morgan fingerprint density at radius 2 is 2.33 bits per heavy atom. The van der Waals surface area contributed by atoms with Gasteiger partial charge in [-0.2, -0.15) is 0 Å². The number of anilines is 1. The number of hydrogen-bond donors (Lipinski definition) is 2. The molecule has 1 aromatic rings. The maximum Gasteiger partial charge on any atom is 0.259 e. The minimum atomic E-state index is -0.661. The van der Waals surface area contributed by atoms with Crippen molar-refractivity contribution in [3.05, 3.63) is 23.8 Å². The van der Waals surface area contributed by atoms with Crippen molar-refractivity contribution in [3.63, 3.8) is 0 Å². The first kappa shape index (κ1) is 13.1. The van der Waals surface area contributed by atoms with Gasteiger partial charge >= 0.3 is 0 Å². The van der Waals surface area contributed by atoms with Gasteiger partial charge in [0.05, 0.1) is 11.4 Å². The second-order valence-electron chi connectivity index (χ2n) is 3.90. The van der Waals surface area contributed by atoms with E-state index in [0.29, 0.717) is 12.2 Å². The number of nitrogens with one attached hydrogen (secondary N) is 1. The van der Waals surface area contributed by atoms with Crippen LogP contribution >= 0.6 is 11.8 Å². The molecule has 0 unspecified atom stereocenters. The molecule has 1 aromatic carbocycles. The van der Waals surface area contributed by atoms with Gasteiger partial charge in [0.1, 0.15) is 6.61 Å². The molecule has 0 saturated heterocycles. The number of aliphatic hydroxyl groups excluding tert-OH is 1. The molecule has 96 valence electrons. The molecule has 1 heterocycles. The first-order valence-electron chi connectivity index (χ1n) is 5.54. The third kappa shape index (κ3) is 2.40. The molecule has 0 aromatic heterocycles. The summed E-state index contributed by atoms with van der Waals surface area (Å²) < 4.78 is 0. The number of hydrogen-bond acceptors (Lipinski definition) is 5. The fourth-order valence-electron chi connectivity index (χ4n) is 1.86. The lowest BCUT2D eigenvalue weighted by Crippen LogP contribution is -2.42. The van der Waals surface area contributed by atoms with Crippen molar-refractivity contribution in [2.45, 2.75) is 11.4 Å². The molecule has 0 saturated carbocycles. The first-order valence-corrected chi connectivity index (χ1v) is 6.53. The Kier molecular flexibility index (Phi) is 4.00. The van der Waals surface area contributed by atoms with E-state index in [1.54, 1.807) is 0 Å². The van der Waals surface area contributed by atoms with Crippen LogP contribution < -0.4 is 10.2 Å². The second kappa shape index (κ2) is 5.51. The third-order valence-corrected chi connectivity index (χ3v) is 3.68. The highest BCUT2D eigenvalue weighted by atomic mass is 32.2. The topological polar surface area (TPSA) is 69.6 Å². The number of carbonyl (C=O) groups excluding carboxylic acids is 2. The van der Waals surface area contributed by atoms with Crippen LogP contribution in [-0.2, 0) is 16.1 Å². The number of nitrogens with zero attached hydrogens (tertiary/aromatic N) is 1. The highest BCUT2D eigenvalue weighted by molar-refractivity contribution is 8.00. The van der Waals surface area contributed by atoms with Crippen LogP contribution in [-0.4, -0.2) is 36.3 Å². The summed E-state index contributed by atoms with van der Waals surface area (Å²) in [6, 6.07) is 5.67. The van der Waals surface area contributed by atoms with Crippen LogP contribution in [0.5, 0.6) is 0 Å².